The highest BCUT2D eigenvalue weighted by atomic mass is 32.1. The maximum absolute atomic E-state index is 12.3. The minimum atomic E-state index is -0.471. The summed E-state index contributed by atoms with van der Waals surface area (Å²) in [5, 5.41) is 2.62. The van der Waals surface area contributed by atoms with Gasteiger partial charge in [0.2, 0.25) is 0 Å². The van der Waals surface area contributed by atoms with Gasteiger partial charge in [-0.1, -0.05) is 35.9 Å². The normalized spacial score (nSPS) is 17.4. The number of hydrogen-bond acceptors (Lipinski definition) is 3. The number of hydrogen-bond donors (Lipinski definition) is 1. The van der Waals surface area contributed by atoms with Gasteiger partial charge in [-0.3, -0.25) is 19.8 Å². The van der Waals surface area contributed by atoms with E-state index in [1.807, 2.05) is 31.2 Å². The number of nitrogens with one attached hydrogen (secondary N) is 1. The van der Waals surface area contributed by atoms with Gasteiger partial charge >= 0.3 is 0 Å². The highest BCUT2D eigenvalue weighted by Crippen LogP contribution is 2.15. The van der Waals surface area contributed by atoms with Crippen molar-refractivity contribution in [2.45, 2.75) is 6.92 Å². The average Bonchev–Trinajstić information content (AvgIpc) is 2.41. The third-order valence-electron chi connectivity index (χ3n) is 2.89. The zero-order valence-corrected chi connectivity index (χ0v) is 11.9. The molecule has 0 aliphatic carbocycles. The molecule has 1 saturated heterocycles. The largest absolute Gasteiger partial charge is 0.298 e. The number of carbonyl (C=O) groups is 2. The van der Waals surface area contributed by atoms with E-state index in [0.717, 1.165) is 11.1 Å². The number of amides is 2. The molecule has 0 aromatic heterocycles. The Labute approximate surface area is 122 Å². The fourth-order valence-electron chi connectivity index (χ4n) is 1.82. The molecule has 0 spiro atoms. The van der Waals surface area contributed by atoms with Crippen molar-refractivity contribution >= 4 is 35.2 Å². The van der Waals surface area contributed by atoms with Gasteiger partial charge in [-0.15, -0.1) is 6.58 Å². The van der Waals surface area contributed by atoms with E-state index in [1.165, 1.54) is 4.90 Å². The van der Waals surface area contributed by atoms with Crippen LogP contribution in [0.4, 0.5) is 0 Å². The van der Waals surface area contributed by atoms with Crippen LogP contribution in [0.2, 0.25) is 0 Å². The van der Waals surface area contributed by atoms with Crippen molar-refractivity contribution in [2.75, 3.05) is 6.54 Å². The van der Waals surface area contributed by atoms with Crippen molar-refractivity contribution in [3.63, 3.8) is 0 Å². The van der Waals surface area contributed by atoms with E-state index in [1.54, 1.807) is 12.2 Å². The monoisotopic (exact) mass is 286 g/mol. The molecule has 0 radical (unpaired) electrons. The predicted octanol–water partition coefficient (Wildman–Crippen LogP) is 1.81. The molecule has 1 aromatic rings. The van der Waals surface area contributed by atoms with Crippen LogP contribution in [-0.4, -0.2) is 28.4 Å². The SMILES string of the molecule is C=CCN1C(=O)/C(=C/c2ccc(C)cc2)C(=O)NC1=S. The van der Waals surface area contributed by atoms with Crippen molar-refractivity contribution in [1.29, 1.82) is 0 Å². The number of nitrogens with zero attached hydrogens (tertiary/aromatic N) is 1. The second-order valence-corrected chi connectivity index (χ2v) is 4.82. The predicted molar refractivity (Wildman–Crippen MR) is 81.8 cm³/mol. The lowest BCUT2D eigenvalue weighted by Gasteiger charge is -2.27. The lowest BCUT2D eigenvalue weighted by atomic mass is 10.1. The highest BCUT2D eigenvalue weighted by molar-refractivity contribution is 7.80. The molecule has 1 heterocycles. The number of aryl methyl sites for hydroxylation is 1. The Morgan fingerprint density at radius 1 is 1.30 bits per heavy atom. The quantitative estimate of drug-likeness (QED) is 0.399. The molecule has 5 heteroatoms. The van der Waals surface area contributed by atoms with Gasteiger partial charge in [-0.25, -0.2) is 0 Å². The molecule has 2 amide bonds. The molecule has 0 atom stereocenters. The highest BCUT2D eigenvalue weighted by Gasteiger charge is 2.32. The van der Waals surface area contributed by atoms with Gasteiger partial charge in [0.15, 0.2) is 5.11 Å². The van der Waals surface area contributed by atoms with E-state index >= 15 is 0 Å². The van der Waals surface area contributed by atoms with Gasteiger partial charge in [0.05, 0.1) is 0 Å². The Kier molecular flexibility index (Phi) is 4.10. The lowest BCUT2D eigenvalue weighted by molar-refractivity contribution is -0.128. The van der Waals surface area contributed by atoms with Crippen LogP contribution in [0.3, 0.4) is 0 Å². The molecule has 1 aromatic carbocycles. The molecule has 1 N–H and O–H groups in total. The first-order chi connectivity index (χ1) is 9.52. The summed E-state index contributed by atoms with van der Waals surface area (Å²) in [4.78, 5) is 25.5. The van der Waals surface area contributed by atoms with Crippen LogP contribution in [-0.2, 0) is 9.59 Å². The fraction of sp³-hybridized carbons (Fsp3) is 0.133. The topological polar surface area (TPSA) is 49.4 Å². The number of carbonyl (C=O) groups excluding carboxylic acids is 2. The Balaban J connectivity index is 2.36. The summed E-state index contributed by atoms with van der Waals surface area (Å²) in [5.41, 5.74) is 1.98. The summed E-state index contributed by atoms with van der Waals surface area (Å²) in [6, 6.07) is 7.55. The average molecular weight is 286 g/mol. The first-order valence-corrected chi connectivity index (χ1v) is 6.50. The number of rotatable bonds is 3. The summed E-state index contributed by atoms with van der Waals surface area (Å²) in [7, 11) is 0. The molecular formula is C15H14N2O2S. The van der Waals surface area contributed by atoms with Crippen LogP contribution in [0.1, 0.15) is 11.1 Å². The zero-order valence-electron chi connectivity index (χ0n) is 11.1. The molecule has 1 fully saturated rings. The van der Waals surface area contributed by atoms with Gasteiger partial charge in [-0.05, 0) is 30.8 Å². The second-order valence-electron chi connectivity index (χ2n) is 4.43. The second kappa shape index (κ2) is 5.79. The summed E-state index contributed by atoms with van der Waals surface area (Å²) in [6.45, 7) is 5.81. The molecule has 2 rings (SSSR count). The molecular weight excluding hydrogens is 272 g/mol. The first-order valence-electron chi connectivity index (χ1n) is 6.09. The summed E-state index contributed by atoms with van der Waals surface area (Å²) >= 11 is 4.98. The van der Waals surface area contributed by atoms with Crippen molar-refractivity contribution in [2.24, 2.45) is 0 Å². The number of thiocarbonyl (C=S) groups is 1. The third-order valence-corrected chi connectivity index (χ3v) is 3.21. The van der Waals surface area contributed by atoms with Crippen LogP contribution in [0.25, 0.3) is 6.08 Å². The summed E-state index contributed by atoms with van der Waals surface area (Å²) in [6.07, 6.45) is 3.13. The van der Waals surface area contributed by atoms with E-state index < -0.39 is 11.8 Å². The van der Waals surface area contributed by atoms with Crippen LogP contribution >= 0.6 is 12.2 Å². The standard InChI is InChI=1S/C15H14N2O2S/c1-3-8-17-14(19)12(13(18)16-15(17)20)9-11-6-4-10(2)5-7-11/h3-7,9H,1,8H2,2H3,(H,16,18,20)/b12-9+. The lowest BCUT2D eigenvalue weighted by Crippen LogP contribution is -2.53. The molecule has 1 aliphatic rings. The molecule has 102 valence electrons. The van der Waals surface area contributed by atoms with E-state index in [-0.39, 0.29) is 17.2 Å². The molecule has 0 unspecified atom stereocenters. The third kappa shape index (κ3) is 2.83. The smallest absolute Gasteiger partial charge is 0.265 e. The van der Waals surface area contributed by atoms with Gasteiger partial charge < -0.3 is 0 Å². The zero-order chi connectivity index (χ0) is 14.7. The minimum absolute atomic E-state index is 0.0734. The van der Waals surface area contributed by atoms with Crippen LogP contribution in [0.15, 0.2) is 42.5 Å². The van der Waals surface area contributed by atoms with Crippen molar-refractivity contribution in [3.8, 4) is 0 Å². The Morgan fingerprint density at radius 2 is 1.95 bits per heavy atom. The van der Waals surface area contributed by atoms with Gasteiger partial charge in [0, 0.05) is 6.54 Å². The van der Waals surface area contributed by atoms with E-state index in [4.69, 9.17) is 12.2 Å². The fourth-order valence-corrected chi connectivity index (χ4v) is 2.07. The van der Waals surface area contributed by atoms with Crippen molar-refractivity contribution < 1.29 is 9.59 Å². The maximum atomic E-state index is 12.3. The minimum Gasteiger partial charge on any atom is -0.298 e. The van der Waals surface area contributed by atoms with Crippen molar-refractivity contribution in [1.82, 2.24) is 10.2 Å². The summed E-state index contributed by atoms with van der Waals surface area (Å²) < 4.78 is 0. The van der Waals surface area contributed by atoms with E-state index in [0.29, 0.717) is 0 Å². The Hall–Kier alpha value is -2.27. The van der Waals surface area contributed by atoms with Gasteiger partial charge in [0.1, 0.15) is 5.57 Å². The number of benzene rings is 1. The maximum Gasteiger partial charge on any atom is 0.265 e. The molecule has 1 aliphatic heterocycles. The Bertz CT molecular complexity index is 617. The molecule has 4 nitrogen and oxygen atoms in total. The van der Waals surface area contributed by atoms with Crippen LogP contribution in [0.5, 0.6) is 0 Å². The van der Waals surface area contributed by atoms with Gasteiger partial charge in [0.25, 0.3) is 11.8 Å². The van der Waals surface area contributed by atoms with E-state index in [9.17, 15) is 9.59 Å². The van der Waals surface area contributed by atoms with Crippen LogP contribution < -0.4 is 5.32 Å². The molecule has 0 saturated carbocycles. The summed E-state index contributed by atoms with van der Waals surface area (Å²) in [5.74, 6) is -0.875. The molecule has 20 heavy (non-hydrogen) atoms. The van der Waals surface area contributed by atoms with Crippen LogP contribution in [0, 0.1) is 6.92 Å². The van der Waals surface area contributed by atoms with Crippen molar-refractivity contribution in [3.05, 3.63) is 53.6 Å². The Morgan fingerprint density at radius 3 is 2.55 bits per heavy atom. The van der Waals surface area contributed by atoms with E-state index in [2.05, 4.69) is 11.9 Å². The van der Waals surface area contributed by atoms with Gasteiger partial charge in [-0.2, -0.15) is 0 Å². The first kappa shape index (κ1) is 14.1. The molecule has 0 bridgehead atoms.